The van der Waals surface area contributed by atoms with E-state index in [1.807, 2.05) is 19.1 Å². The summed E-state index contributed by atoms with van der Waals surface area (Å²) < 4.78 is 33.6. The van der Waals surface area contributed by atoms with Gasteiger partial charge >= 0.3 is 0 Å². The van der Waals surface area contributed by atoms with Crippen molar-refractivity contribution >= 4 is 15.7 Å². The molecular weight excluding hydrogens is 350 g/mol. The second-order valence-corrected chi connectivity index (χ2v) is 7.45. The molecule has 0 atom stereocenters. The van der Waals surface area contributed by atoms with E-state index in [2.05, 4.69) is 9.88 Å². The first-order chi connectivity index (χ1) is 12.4. The monoisotopic (exact) mass is 367 g/mol. The molecule has 3 aromatic rings. The lowest BCUT2D eigenvalue weighted by Gasteiger charge is -2.12. The first-order valence-electron chi connectivity index (χ1n) is 8.02. The Hall–Kier alpha value is -3.11. The molecule has 132 valence electrons. The Morgan fingerprint density at radius 2 is 1.88 bits per heavy atom. The Morgan fingerprint density at radius 3 is 2.46 bits per heavy atom. The van der Waals surface area contributed by atoms with E-state index in [9.17, 15) is 8.42 Å². The minimum absolute atomic E-state index is 0.191. The highest BCUT2D eigenvalue weighted by Crippen LogP contribution is 2.27. The van der Waals surface area contributed by atoms with Crippen LogP contribution in [0.4, 0.5) is 5.69 Å². The van der Waals surface area contributed by atoms with Crippen LogP contribution in [-0.2, 0) is 16.4 Å². The first-order valence-corrected chi connectivity index (χ1v) is 9.51. The molecule has 3 rings (SSSR count). The molecule has 2 aromatic carbocycles. The third-order valence-corrected chi connectivity index (χ3v) is 5.38. The number of aromatic nitrogens is 1. The largest absolute Gasteiger partial charge is 0.356 e. The van der Waals surface area contributed by atoms with E-state index in [0.29, 0.717) is 34.6 Å². The Balaban J connectivity index is 2.00. The van der Waals surface area contributed by atoms with Gasteiger partial charge in [0.1, 0.15) is 0 Å². The van der Waals surface area contributed by atoms with Crippen molar-refractivity contribution in [2.45, 2.75) is 25.2 Å². The lowest BCUT2D eigenvalue weighted by Crippen LogP contribution is -2.15. The van der Waals surface area contributed by atoms with Crippen molar-refractivity contribution in [1.82, 2.24) is 5.16 Å². The molecule has 1 N–H and O–H groups in total. The van der Waals surface area contributed by atoms with Crippen LogP contribution in [0.5, 0.6) is 0 Å². The van der Waals surface area contributed by atoms with Gasteiger partial charge < -0.3 is 4.52 Å². The van der Waals surface area contributed by atoms with Crippen molar-refractivity contribution in [3.8, 4) is 17.4 Å². The number of aryl methyl sites for hydroxylation is 2. The second-order valence-electron chi connectivity index (χ2n) is 5.80. The number of nitrogens with zero attached hydrogens (tertiary/aromatic N) is 2. The number of nitriles is 1. The van der Waals surface area contributed by atoms with Crippen molar-refractivity contribution in [1.29, 1.82) is 5.26 Å². The summed E-state index contributed by atoms with van der Waals surface area (Å²) in [6.45, 7) is 3.70. The molecule has 0 aliphatic heterocycles. The van der Waals surface area contributed by atoms with Crippen molar-refractivity contribution < 1.29 is 12.9 Å². The van der Waals surface area contributed by atoms with Gasteiger partial charge in [0, 0.05) is 17.3 Å². The number of hydrogen-bond donors (Lipinski definition) is 1. The standard InChI is InChI=1S/C19H17N3O3S/c1-3-15-6-7-16(18-10-13(2)21-25-18)11-19(15)26(23,24)22-17-8-4-14(12-20)5-9-17/h4-11,22H,3H2,1-2H3. The highest BCUT2D eigenvalue weighted by Gasteiger charge is 2.20. The van der Waals surface area contributed by atoms with Crippen LogP contribution in [0, 0.1) is 18.3 Å². The maximum absolute atomic E-state index is 12.9. The SMILES string of the molecule is CCc1ccc(-c2cc(C)no2)cc1S(=O)(=O)Nc1ccc(C#N)cc1. The van der Waals surface area contributed by atoms with Gasteiger partial charge in [-0.15, -0.1) is 0 Å². The molecule has 0 saturated heterocycles. The van der Waals surface area contributed by atoms with Crippen LogP contribution in [0.15, 0.2) is 57.9 Å². The van der Waals surface area contributed by atoms with Crippen molar-refractivity contribution in [3.05, 3.63) is 65.4 Å². The third-order valence-electron chi connectivity index (χ3n) is 3.92. The summed E-state index contributed by atoms with van der Waals surface area (Å²) in [7, 11) is -3.79. The fraction of sp³-hybridized carbons (Fsp3) is 0.158. The molecule has 0 saturated carbocycles. The van der Waals surface area contributed by atoms with Gasteiger partial charge in [-0.3, -0.25) is 4.72 Å². The lowest BCUT2D eigenvalue weighted by atomic mass is 10.1. The fourth-order valence-electron chi connectivity index (χ4n) is 2.57. The van der Waals surface area contributed by atoms with E-state index < -0.39 is 10.0 Å². The molecule has 26 heavy (non-hydrogen) atoms. The predicted molar refractivity (Wildman–Crippen MR) is 98.0 cm³/mol. The molecular formula is C19H17N3O3S. The van der Waals surface area contributed by atoms with Crippen molar-refractivity contribution in [3.63, 3.8) is 0 Å². The normalized spacial score (nSPS) is 11.1. The Labute approximate surface area is 152 Å². The van der Waals surface area contributed by atoms with Gasteiger partial charge in [0.25, 0.3) is 10.0 Å². The third kappa shape index (κ3) is 3.60. The topological polar surface area (TPSA) is 96.0 Å². The van der Waals surface area contributed by atoms with Gasteiger partial charge in [-0.2, -0.15) is 5.26 Å². The molecule has 0 aliphatic carbocycles. The summed E-state index contributed by atoms with van der Waals surface area (Å²) in [5.41, 5.74) is 2.92. The highest BCUT2D eigenvalue weighted by atomic mass is 32.2. The number of hydrogen-bond acceptors (Lipinski definition) is 5. The molecule has 7 heteroatoms. The fourth-order valence-corrected chi connectivity index (χ4v) is 3.97. The van der Waals surface area contributed by atoms with E-state index in [1.54, 1.807) is 49.4 Å². The average molecular weight is 367 g/mol. The minimum Gasteiger partial charge on any atom is -0.356 e. The van der Waals surface area contributed by atoms with Gasteiger partial charge in [-0.05, 0) is 49.2 Å². The molecule has 1 aromatic heterocycles. The van der Waals surface area contributed by atoms with Crippen LogP contribution < -0.4 is 4.72 Å². The maximum Gasteiger partial charge on any atom is 0.262 e. The molecule has 0 aliphatic rings. The molecule has 0 amide bonds. The number of anilines is 1. The first kappa shape index (κ1) is 17.7. The summed E-state index contributed by atoms with van der Waals surface area (Å²) in [5.74, 6) is 0.514. The number of rotatable bonds is 5. The van der Waals surface area contributed by atoms with E-state index >= 15 is 0 Å². The maximum atomic E-state index is 12.9. The van der Waals surface area contributed by atoms with Crippen LogP contribution in [-0.4, -0.2) is 13.6 Å². The van der Waals surface area contributed by atoms with Crippen LogP contribution in [0.25, 0.3) is 11.3 Å². The predicted octanol–water partition coefficient (Wildman–Crippen LogP) is 3.88. The average Bonchev–Trinajstić information content (AvgIpc) is 3.08. The number of sulfonamides is 1. The van der Waals surface area contributed by atoms with Crippen LogP contribution >= 0.6 is 0 Å². The molecule has 6 nitrogen and oxygen atoms in total. The molecule has 0 spiro atoms. The zero-order valence-corrected chi connectivity index (χ0v) is 15.2. The molecule has 0 unspecified atom stereocenters. The van der Waals surface area contributed by atoms with Gasteiger partial charge in [0.2, 0.25) is 0 Å². The van der Waals surface area contributed by atoms with E-state index in [-0.39, 0.29) is 4.90 Å². The summed E-state index contributed by atoms with van der Waals surface area (Å²) in [5, 5.41) is 12.7. The van der Waals surface area contributed by atoms with Crippen LogP contribution in [0.2, 0.25) is 0 Å². The summed E-state index contributed by atoms with van der Waals surface area (Å²) in [6, 6.07) is 15.2. The van der Waals surface area contributed by atoms with E-state index in [4.69, 9.17) is 9.78 Å². The highest BCUT2D eigenvalue weighted by molar-refractivity contribution is 7.92. The Morgan fingerprint density at radius 1 is 1.15 bits per heavy atom. The van der Waals surface area contributed by atoms with Crippen molar-refractivity contribution in [2.75, 3.05) is 4.72 Å². The summed E-state index contributed by atoms with van der Waals surface area (Å²) in [4.78, 5) is 0.191. The molecule has 0 bridgehead atoms. The quantitative estimate of drug-likeness (QED) is 0.738. The second kappa shape index (κ2) is 7.02. The molecule has 0 fully saturated rings. The minimum atomic E-state index is -3.79. The van der Waals surface area contributed by atoms with Crippen LogP contribution in [0.1, 0.15) is 23.7 Å². The summed E-state index contributed by atoms with van der Waals surface area (Å²) >= 11 is 0. The van der Waals surface area contributed by atoms with E-state index in [0.717, 1.165) is 5.69 Å². The van der Waals surface area contributed by atoms with Gasteiger partial charge in [-0.1, -0.05) is 24.2 Å². The van der Waals surface area contributed by atoms with Crippen molar-refractivity contribution in [2.24, 2.45) is 0 Å². The zero-order valence-electron chi connectivity index (χ0n) is 14.4. The smallest absolute Gasteiger partial charge is 0.262 e. The molecule has 1 heterocycles. The van der Waals surface area contributed by atoms with Crippen LogP contribution in [0.3, 0.4) is 0 Å². The molecule has 0 radical (unpaired) electrons. The Bertz CT molecular complexity index is 1080. The summed E-state index contributed by atoms with van der Waals surface area (Å²) in [6.07, 6.45) is 0.569. The van der Waals surface area contributed by atoms with Gasteiger partial charge in [0.15, 0.2) is 5.76 Å². The number of benzene rings is 2. The Kier molecular flexibility index (Phi) is 4.78. The number of nitrogens with one attached hydrogen (secondary N) is 1. The van der Waals surface area contributed by atoms with Gasteiger partial charge in [0.05, 0.1) is 22.2 Å². The zero-order chi connectivity index (χ0) is 18.7. The lowest BCUT2D eigenvalue weighted by molar-refractivity contribution is 0.427. The van der Waals surface area contributed by atoms with E-state index in [1.165, 1.54) is 0 Å². The van der Waals surface area contributed by atoms with Gasteiger partial charge in [-0.25, -0.2) is 8.42 Å².